The van der Waals surface area contributed by atoms with Crippen molar-refractivity contribution in [2.45, 2.75) is 50.6 Å². The molecule has 1 N–H and O–H groups in total. The Morgan fingerprint density at radius 2 is 1.90 bits per heavy atom. The highest BCUT2D eigenvalue weighted by atomic mass is 32.2. The lowest BCUT2D eigenvalue weighted by Crippen LogP contribution is -2.35. The van der Waals surface area contributed by atoms with E-state index < -0.39 is 15.9 Å². The molecular weight excluding hydrogens is 436 g/mol. The molecule has 31 heavy (non-hydrogen) atoms. The number of ether oxygens (including phenoxy) is 2. The molecule has 1 fully saturated rings. The van der Waals surface area contributed by atoms with Gasteiger partial charge in [-0.2, -0.15) is 0 Å². The van der Waals surface area contributed by atoms with Crippen LogP contribution in [-0.2, 0) is 16.4 Å². The molecule has 0 saturated heterocycles. The van der Waals surface area contributed by atoms with Crippen molar-refractivity contribution in [2.24, 2.45) is 0 Å². The number of hydrogen-bond donors (Lipinski definition) is 1. The number of fused-ring (bicyclic) bond motifs is 1. The average Bonchev–Trinajstić information content (AvgIpc) is 3.46. The largest absolute Gasteiger partial charge is 0.493 e. The summed E-state index contributed by atoms with van der Waals surface area (Å²) in [5.74, 6) is 0.843. The number of hydrogen-bond acceptors (Lipinski definition) is 7. The highest BCUT2D eigenvalue weighted by Crippen LogP contribution is 2.42. The minimum Gasteiger partial charge on any atom is -0.493 e. The molecule has 9 heteroatoms. The Labute approximate surface area is 187 Å². The molecule has 1 aliphatic heterocycles. The molecule has 0 spiro atoms. The van der Waals surface area contributed by atoms with Crippen LogP contribution in [0.4, 0.5) is 5.00 Å². The van der Waals surface area contributed by atoms with Gasteiger partial charge in [0.2, 0.25) is 0 Å². The fourth-order valence-corrected chi connectivity index (χ4v) is 7.00. The van der Waals surface area contributed by atoms with E-state index >= 15 is 0 Å². The average molecular weight is 465 g/mol. The van der Waals surface area contributed by atoms with E-state index in [0.29, 0.717) is 36.4 Å². The molecule has 1 atom stereocenters. The second kappa shape index (κ2) is 8.35. The Balaban J connectivity index is 1.71. The lowest BCUT2D eigenvalue weighted by molar-refractivity contribution is 0.0718. The lowest BCUT2D eigenvalue weighted by Gasteiger charge is -2.29. The van der Waals surface area contributed by atoms with E-state index in [-0.39, 0.29) is 23.0 Å². The van der Waals surface area contributed by atoms with Crippen LogP contribution in [-0.4, -0.2) is 50.5 Å². The monoisotopic (exact) mass is 464 g/mol. The molecule has 1 saturated carbocycles. The molecule has 0 radical (unpaired) electrons. The number of carbonyl (C=O) groups is 1. The van der Waals surface area contributed by atoms with Crippen LogP contribution in [0.3, 0.4) is 0 Å². The first-order chi connectivity index (χ1) is 14.7. The number of thiophene rings is 1. The van der Waals surface area contributed by atoms with Crippen LogP contribution in [0, 0.1) is 0 Å². The van der Waals surface area contributed by atoms with Gasteiger partial charge in [-0.1, -0.05) is 6.07 Å². The van der Waals surface area contributed by atoms with Crippen molar-refractivity contribution in [3.8, 4) is 11.5 Å². The highest BCUT2D eigenvalue weighted by Gasteiger charge is 2.42. The molecule has 0 bridgehead atoms. The first-order valence-corrected chi connectivity index (χ1v) is 13.0. The van der Waals surface area contributed by atoms with E-state index in [9.17, 15) is 13.2 Å². The summed E-state index contributed by atoms with van der Waals surface area (Å²) in [6, 6.07) is 5.00. The van der Waals surface area contributed by atoms with Gasteiger partial charge < -0.3 is 19.7 Å². The van der Waals surface area contributed by atoms with Gasteiger partial charge in [0.15, 0.2) is 21.3 Å². The minimum absolute atomic E-state index is 0.0977. The molecule has 1 unspecified atom stereocenters. The van der Waals surface area contributed by atoms with Crippen molar-refractivity contribution < 1.29 is 22.7 Å². The maximum Gasteiger partial charge on any atom is 0.255 e. The molecule has 4 rings (SSSR count). The van der Waals surface area contributed by atoms with E-state index in [1.54, 1.807) is 31.3 Å². The summed E-state index contributed by atoms with van der Waals surface area (Å²) in [7, 11) is -0.215. The quantitative estimate of drug-likeness (QED) is 0.607. The number of rotatable bonds is 9. The number of sulfone groups is 1. The van der Waals surface area contributed by atoms with Gasteiger partial charge in [0, 0.05) is 17.0 Å². The predicted molar refractivity (Wildman–Crippen MR) is 122 cm³/mol. The Hall–Kier alpha value is -2.26. The van der Waals surface area contributed by atoms with Gasteiger partial charge >= 0.3 is 0 Å². The summed E-state index contributed by atoms with van der Waals surface area (Å²) in [4.78, 5) is 15.0. The van der Waals surface area contributed by atoms with Gasteiger partial charge in [-0.15, -0.1) is 11.3 Å². The van der Waals surface area contributed by atoms with Gasteiger partial charge in [-0.25, -0.2) is 8.42 Å². The number of amides is 1. The normalized spacial score (nSPS) is 17.1. The van der Waals surface area contributed by atoms with Gasteiger partial charge in [0.25, 0.3) is 5.91 Å². The molecular formula is C22H28N2O5S2. The maximum atomic E-state index is 13.3. The molecule has 7 nitrogen and oxygen atoms in total. The number of benzene rings is 1. The van der Waals surface area contributed by atoms with Crippen LogP contribution in [0.2, 0.25) is 0 Å². The number of carbonyl (C=O) groups excluding carboxylic acids is 1. The van der Waals surface area contributed by atoms with Crippen LogP contribution >= 0.6 is 11.3 Å². The van der Waals surface area contributed by atoms with E-state index in [1.165, 1.54) is 11.3 Å². The number of nitrogens with one attached hydrogen (secondary N) is 1. The Morgan fingerprint density at radius 1 is 1.19 bits per heavy atom. The van der Waals surface area contributed by atoms with E-state index in [4.69, 9.17) is 9.47 Å². The third kappa shape index (κ3) is 4.25. The second-order valence-corrected chi connectivity index (χ2v) is 11.6. The molecule has 1 aliphatic carbocycles. The summed E-state index contributed by atoms with van der Waals surface area (Å²) in [5, 5.41) is 5.94. The Morgan fingerprint density at radius 3 is 2.52 bits per heavy atom. The van der Waals surface area contributed by atoms with Gasteiger partial charge in [-0.3, -0.25) is 4.79 Å². The second-order valence-electron chi connectivity index (χ2n) is 8.35. The summed E-state index contributed by atoms with van der Waals surface area (Å²) in [5.41, 5.74) is 2.32. The number of methoxy groups -OCH3 is 2. The topological polar surface area (TPSA) is 84.9 Å². The molecule has 1 aromatic carbocycles. The van der Waals surface area contributed by atoms with E-state index in [1.807, 2.05) is 11.4 Å². The van der Waals surface area contributed by atoms with Crippen molar-refractivity contribution >= 4 is 32.1 Å². The SMILES string of the molecule is COc1ccc(C(CS(=O)(=O)C2CC2)N2Cc3c(csc3NC(C)C)C2=O)cc1OC. The van der Waals surface area contributed by atoms with Gasteiger partial charge in [-0.05, 0) is 44.4 Å². The third-order valence-electron chi connectivity index (χ3n) is 5.72. The zero-order valence-corrected chi connectivity index (χ0v) is 19.8. The molecule has 1 aromatic heterocycles. The van der Waals surface area contributed by atoms with Crippen LogP contribution in [0.5, 0.6) is 11.5 Å². The minimum atomic E-state index is -3.31. The van der Waals surface area contributed by atoms with Gasteiger partial charge in [0.1, 0.15) is 0 Å². The summed E-state index contributed by atoms with van der Waals surface area (Å²) in [6.07, 6.45) is 1.40. The fraction of sp³-hybridized carbons (Fsp3) is 0.500. The smallest absolute Gasteiger partial charge is 0.255 e. The summed E-state index contributed by atoms with van der Waals surface area (Å²) < 4.78 is 36.6. The maximum absolute atomic E-state index is 13.3. The lowest BCUT2D eigenvalue weighted by atomic mass is 10.1. The van der Waals surface area contributed by atoms with Crippen molar-refractivity contribution in [1.82, 2.24) is 4.90 Å². The molecule has 2 heterocycles. The van der Waals surface area contributed by atoms with Crippen molar-refractivity contribution in [3.63, 3.8) is 0 Å². The summed E-state index contributed by atoms with van der Waals surface area (Å²) in [6.45, 7) is 4.48. The predicted octanol–water partition coefficient (Wildman–Crippen LogP) is 3.86. The van der Waals surface area contributed by atoms with Crippen molar-refractivity contribution in [1.29, 1.82) is 0 Å². The zero-order valence-electron chi connectivity index (χ0n) is 18.2. The van der Waals surface area contributed by atoms with Crippen LogP contribution in [0.1, 0.15) is 54.2 Å². The van der Waals surface area contributed by atoms with Gasteiger partial charge in [0.05, 0.1) is 48.4 Å². The summed E-state index contributed by atoms with van der Waals surface area (Å²) >= 11 is 1.52. The van der Waals surface area contributed by atoms with Crippen LogP contribution in [0.25, 0.3) is 0 Å². The first kappa shape index (κ1) is 22.0. The Kier molecular flexibility index (Phi) is 5.91. The van der Waals surface area contributed by atoms with Crippen LogP contribution in [0.15, 0.2) is 23.6 Å². The standard InChI is InChI=1S/C22H28N2O5S2/c1-13(2)23-21-16-10-24(22(25)17(16)11-30-21)18(12-31(26,27)15-6-7-15)14-5-8-19(28-3)20(9-14)29-4/h5,8-9,11,13,15,18,23H,6-7,10,12H2,1-4H3. The van der Waals surface area contributed by atoms with E-state index in [2.05, 4.69) is 19.2 Å². The van der Waals surface area contributed by atoms with Crippen molar-refractivity contribution in [2.75, 3.05) is 25.3 Å². The Bertz CT molecular complexity index is 1090. The fourth-order valence-electron chi connectivity index (χ4n) is 3.96. The van der Waals surface area contributed by atoms with E-state index in [0.717, 1.165) is 16.1 Å². The third-order valence-corrected chi connectivity index (χ3v) is 8.95. The molecule has 1 amide bonds. The zero-order chi connectivity index (χ0) is 22.3. The molecule has 168 valence electrons. The molecule has 2 aliphatic rings. The highest BCUT2D eigenvalue weighted by molar-refractivity contribution is 7.92. The first-order valence-electron chi connectivity index (χ1n) is 10.4. The number of anilines is 1. The molecule has 2 aromatic rings. The van der Waals surface area contributed by atoms with Crippen LogP contribution < -0.4 is 14.8 Å². The number of nitrogens with zero attached hydrogens (tertiary/aromatic N) is 1. The van der Waals surface area contributed by atoms with Crippen molar-refractivity contribution in [3.05, 3.63) is 40.3 Å².